The predicted octanol–water partition coefficient (Wildman–Crippen LogP) is 2.76. The number of piperidine rings is 1. The summed E-state index contributed by atoms with van der Waals surface area (Å²) >= 11 is 0. The number of anilines is 1. The van der Waals surface area contributed by atoms with Crippen LogP contribution in [0, 0.1) is 0 Å². The summed E-state index contributed by atoms with van der Waals surface area (Å²) in [6, 6.07) is 6.75. The fraction of sp³-hybridized carbons (Fsp3) is 0.643. The van der Waals surface area contributed by atoms with Gasteiger partial charge in [0.15, 0.2) is 0 Å². The first-order chi connectivity index (χ1) is 8.36. The fourth-order valence-electron chi connectivity index (χ4n) is 2.46. The van der Waals surface area contributed by atoms with Crippen LogP contribution in [-0.4, -0.2) is 35.6 Å². The number of hydrogen-bond donors (Lipinski definition) is 1. The number of aromatic nitrogens is 1. The van der Waals surface area contributed by atoms with Crippen molar-refractivity contribution in [1.29, 1.82) is 0 Å². The van der Waals surface area contributed by atoms with Crippen molar-refractivity contribution in [3.63, 3.8) is 0 Å². The number of nitrogens with zero attached hydrogens (tertiary/aromatic N) is 2. The lowest BCUT2D eigenvalue weighted by Gasteiger charge is -2.33. The second kappa shape index (κ2) is 6.60. The molecule has 1 aliphatic rings. The van der Waals surface area contributed by atoms with E-state index in [1.807, 2.05) is 24.4 Å². The molecule has 17 heavy (non-hydrogen) atoms. The Balaban J connectivity index is 1.63. The summed E-state index contributed by atoms with van der Waals surface area (Å²) < 4.78 is 0. The summed E-state index contributed by atoms with van der Waals surface area (Å²) in [5.74, 6) is 0.985. The molecule has 0 aromatic carbocycles. The second-order valence-corrected chi connectivity index (χ2v) is 4.88. The molecule has 3 nitrogen and oxygen atoms in total. The van der Waals surface area contributed by atoms with Crippen molar-refractivity contribution in [1.82, 2.24) is 9.88 Å². The molecule has 2 heterocycles. The van der Waals surface area contributed by atoms with E-state index in [0.29, 0.717) is 0 Å². The number of pyridine rings is 1. The highest BCUT2D eigenvalue weighted by molar-refractivity contribution is 5.32. The lowest BCUT2D eigenvalue weighted by atomic mass is 10.0. The smallest absolute Gasteiger partial charge is 0.125 e. The molecule has 0 amide bonds. The van der Waals surface area contributed by atoms with E-state index in [1.54, 1.807) is 0 Å². The Morgan fingerprint density at radius 3 is 3.12 bits per heavy atom. The molecular weight excluding hydrogens is 210 g/mol. The summed E-state index contributed by atoms with van der Waals surface area (Å²) in [7, 11) is 0. The Bertz CT molecular complexity index is 313. The molecule has 1 saturated heterocycles. The van der Waals surface area contributed by atoms with E-state index >= 15 is 0 Å². The largest absolute Gasteiger partial charge is 0.370 e. The quantitative estimate of drug-likeness (QED) is 0.793. The molecule has 0 radical (unpaired) electrons. The third kappa shape index (κ3) is 4.00. The van der Waals surface area contributed by atoms with Crippen LogP contribution in [0.5, 0.6) is 0 Å². The van der Waals surface area contributed by atoms with Gasteiger partial charge in [0.2, 0.25) is 0 Å². The van der Waals surface area contributed by atoms with Crippen molar-refractivity contribution in [2.75, 3.05) is 25.0 Å². The summed E-state index contributed by atoms with van der Waals surface area (Å²) in [5, 5.41) is 3.36. The zero-order chi connectivity index (χ0) is 11.9. The molecule has 1 aromatic rings. The van der Waals surface area contributed by atoms with E-state index in [2.05, 4.69) is 22.1 Å². The van der Waals surface area contributed by atoms with Gasteiger partial charge in [0.1, 0.15) is 5.82 Å². The van der Waals surface area contributed by atoms with Crippen LogP contribution in [0.3, 0.4) is 0 Å². The Morgan fingerprint density at radius 1 is 1.41 bits per heavy atom. The van der Waals surface area contributed by atoms with Gasteiger partial charge in [0, 0.05) is 25.3 Å². The minimum absolute atomic E-state index is 0.776. The molecule has 0 bridgehead atoms. The number of nitrogens with one attached hydrogen (secondary N) is 1. The topological polar surface area (TPSA) is 28.2 Å². The molecule has 1 unspecified atom stereocenters. The predicted molar refractivity (Wildman–Crippen MR) is 72.2 cm³/mol. The van der Waals surface area contributed by atoms with E-state index in [1.165, 1.54) is 38.8 Å². The van der Waals surface area contributed by atoms with Crippen molar-refractivity contribution in [2.45, 2.75) is 38.6 Å². The summed E-state index contributed by atoms with van der Waals surface area (Å²) in [6.45, 7) is 5.86. The Kier molecular flexibility index (Phi) is 4.80. The highest BCUT2D eigenvalue weighted by Crippen LogP contribution is 2.16. The second-order valence-electron chi connectivity index (χ2n) is 4.88. The summed E-state index contributed by atoms with van der Waals surface area (Å²) in [6.07, 6.45) is 7.17. The van der Waals surface area contributed by atoms with Gasteiger partial charge in [0.05, 0.1) is 0 Å². The third-order valence-electron chi connectivity index (χ3n) is 3.53. The van der Waals surface area contributed by atoms with Crippen LogP contribution in [0.15, 0.2) is 24.4 Å². The number of hydrogen-bond acceptors (Lipinski definition) is 3. The van der Waals surface area contributed by atoms with Gasteiger partial charge in [-0.15, -0.1) is 0 Å². The normalized spacial score (nSPS) is 21.4. The first-order valence-electron chi connectivity index (χ1n) is 6.75. The van der Waals surface area contributed by atoms with Crippen molar-refractivity contribution in [2.24, 2.45) is 0 Å². The van der Waals surface area contributed by atoms with Gasteiger partial charge >= 0.3 is 0 Å². The van der Waals surface area contributed by atoms with Crippen molar-refractivity contribution in [3.05, 3.63) is 24.4 Å². The van der Waals surface area contributed by atoms with E-state index in [9.17, 15) is 0 Å². The van der Waals surface area contributed by atoms with Crippen LogP contribution in [0.4, 0.5) is 5.82 Å². The Labute approximate surface area is 104 Å². The minimum Gasteiger partial charge on any atom is -0.370 e. The van der Waals surface area contributed by atoms with Crippen molar-refractivity contribution < 1.29 is 0 Å². The zero-order valence-corrected chi connectivity index (χ0v) is 10.7. The molecule has 1 fully saturated rings. The molecule has 1 aromatic heterocycles. The number of rotatable bonds is 5. The Hall–Kier alpha value is -1.09. The van der Waals surface area contributed by atoms with Crippen LogP contribution in [0.1, 0.15) is 32.6 Å². The van der Waals surface area contributed by atoms with E-state index < -0.39 is 0 Å². The first kappa shape index (κ1) is 12.4. The highest BCUT2D eigenvalue weighted by Gasteiger charge is 2.16. The minimum atomic E-state index is 0.776. The molecule has 1 aliphatic heterocycles. The third-order valence-corrected chi connectivity index (χ3v) is 3.53. The molecule has 0 aliphatic carbocycles. The standard InChI is InChI=1S/C14H23N3/c1-13-7-3-5-11-17(13)12-6-10-16-14-8-2-4-9-15-14/h2,4,8-9,13H,3,5-7,10-12H2,1H3,(H,15,16). The summed E-state index contributed by atoms with van der Waals surface area (Å²) in [5.41, 5.74) is 0. The Morgan fingerprint density at radius 2 is 2.35 bits per heavy atom. The maximum Gasteiger partial charge on any atom is 0.125 e. The average Bonchev–Trinajstić information content (AvgIpc) is 2.38. The SMILES string of the molecule is CC1CCCCN1CCCNc1ccccn1. The van der Waals surface area contributed by atoms with E-state index in [0.717, 1.165) is 18.4 Å². The van der Waals surface area contributed by atoms with E-state index in [-0.39, 0.29) is 0 Å². The monoisotopic (exact) mass is 233 g/mol. The van der Waals surface area contributed by atoms with Gasteiger partial charge in [0.25, 0.3) is 0 Å². The molecule has 2 rings (SSSR count). The zero-order valence-electron chi connectivity index (χ0n) is 10.7. The van der Waals surface area contributed by atoms with Crippen molar-refractivity contribution >= 4 is 5.82 Å². The number of likely N-dealkylation sites (tertiary alicyclic amines) is 1. The molecule has 3 heteroatoms. The maximum atomic E-state index is 4.25. The average molecular weight is 233 g/mol. The van der Waals surface area contributed by atoms with Gasteiger partial charge in [-0.3, -0.25) is 0 Å². The first-order valence-corrected chi connectivity index (χ1v) is 6.75. The molecule has 0 saturated carbocycles. The highest BCUT2D eigenvalue weighted by atomic mass is 15.2. The van der Waals surface area contributed by atoms with Gasteiger partial charge in [-0.05, 0) is 44.9 Å². The van der Waals surface area contributed by atoms with Gasteiger partial charge < -0.3 is 10.2 Å². The van der Waals surface area contributed by atoms with Crippen LogP contribution in [0.2, 0.25) is 0 Å². The molecule has 1 atom stereocenters. The van der Waals surface area contributed by atoms with Gasteiger partial charge in [-0.2, -0.15) is 0 Å². The van der Waals surface area contributed by atoms with E-state index in [4.69, 9.17) is 0 Å². The van der Waals surface area contributed by atoms with Crippen LogP contribution in [-0.2, 0) is 0 Å². The van der Waals surface area contributed by atoms with Crippen LogP contribution < -0.4 is 5.32 Å². The molecule has 94 valence electrons. The fourth-order valence-corrected chi connectivity index (χ4v) is 2.46. The van der Waals surface area contributed by atoms with Gasteiger partial charge in [-0.1, -0.05) is 12.5 Å². The maximum absolute atomic E-state index is 4.25. The van der Waals surface area contributed by atoms with Crippen LogP contribution >= 0.6 is 0 Å². The molecular formula is C14H23N3. The lowest BCUT2D eigenvalue weighted by molar-refractivity contribution is 0.160. The lowest BCUT2D eigenvalue weighted by Crippen LogP contribution is -2.38. The van der Waals surface area contributed by atoms with Crippen LogP contribution in [0.25, 0.3) is 0 Å². The van der Waals surface area contributed by atoms with Gasteiger partial charge in [-0.25, -0.2) is 4.98 Å². The van der Waals surface area contributed by atoms with Crippen molar-refractivity contribution in [3.8, 4) is 0 Å². The molecule has 0 spiro atoms. The summed E-state index contributed by atoms with van der Waals surface area (Å²) in [4.78, 5) is 6.87. The molecule has 1 N–H and O–H groups in total.